The maximum absolute atomic E-state index is 9.53. The Kier molecular flexibility index (Phi) is 3.36. The molecule has 0 heterocycles. The minimum Gasteiger partial charge on any atom is -0.198 e. The van der Waals surface area contributed by atoms with Crippen molar-refractivity contribution in [2.45, 2.75) is 71.6 Å². The molecule has 0 saturated heterocycles. The van der Waals surface area contributed by atoms with Gasteiger partial charge < -0.3 is 0 Å². The van der Waals surface area contributed by atoms with Crippen molar-refractivity contribution in [3.05, 3.63) is 0 Å². The molecular formula is C20H31N. The van der Waals surface area contributed by atoms with E-state index in [1.54, 1.807) is 0 Å². The van der Waals surface area contributed by atoms with Gasteiger partial charge in [-0.2, -0.15) is 5.26 Å². The van der Waals surface area contributed by atoms with Crippen molar-refractivity contribution >= 4 is 0 Å². The van der Waals surface area contributed by atoms with Crippen molar-refractivity contribution in [3.8, 4) is 6.07 Å². The van der Waals surface area contributed by atoms with E-state index in [1.807, 2.05) is 0 Å². The summed E-state index contributed by atoms with van der Waals surface area (Å²) in [5.41, 5.74) is 0.366. The summed E-state index contributed by atoms with van der Waals surface area (Å²) < 4.78 is 0. The van der Waals surface area contributed by atoms with Crippen LogP contribution in [0.15, 0.2) is 0 Å². The minimum atomic E-state index is 0.354. The largest absolute Gasteiger partial charge is 0.198 e. The lowest BCUT2D eigenvalue weighted by atomic mass is 9.50. The lowest BCUT2D eigenvalue weighted by Crippen LogP contribution is -2.47. The van der Waals surface area contributed by atoms with Crippen LogP contribution in [0.4, 0.5) is 0 Å². The molecule has 0 N–H and O–H groups in total. The molecular weight excluding hydrogens is 254 g/mol. The van der Waals surface area contributed by atoms with E-state index in [1.165, 1.54) is 57.8 Å². The van der Waals surface area contributed by atoms with Gasteiger partial charge in [-0.3, -0.25) is 0 Å². The smallest absolute Gasteiger partial charge is 0.0661 e. The quantitative estimate of drug-likeness (QED) is 0.583. The van der Waals surface area contributed by atoms with Gasteiger partial charge in [0.05, 0.1) is 12.0 Å². The van der Waals surface area contributed by atoms with Crippen molar-refractivity contribution in [3.63, 3.8) is 0 Å². The molecule has 0 bridgehead atoms. The third-order valence-corrected chi connectivity index (χ3v) is 8.31. The highest BCUT2D eigenvalue weighted by atomic mass is 14.6. The van der Waals surface area contributed by atoms with Crippen LogP contribution in [-0.2, 0) is 0 Å². The first-order valence-corrected chi connectivity index (χ1v) is 9.51. The van der Waals surface area contributed by atoms with Crippen molar-refractivity contribution in [1.82, 2.24) is 0 Å². The number of hydrogen-bond acceptors (Lipinski definition) is 1. The fraction of sp³-hybridized carbons (Fsp3) is 0.950. The number of nitriles is 1. The van der Waals surface area contributed by atoms with Crippen molar-refractivity contribution in [2.24, 2.45) is 46.8 Å². The first-order valence-electron chi connectivity index (χ1n) is 9.51. The number of rotatable bonds is 0. The van der Waals surface area contributed by atoms with Crippen LogP contribution in [0.25, 0.3) is 0 Å². The maximum atomic E-state index is 9.53. The van der Waals surface area contributed by atoms with E-state index < -0.39 is 0 Å². The molecule has 1 unspecified atom stereocenters. The molecule has 0 aromatic carbocycles. The van der Waals surface area contributed by atoms with Crippen LogP contribution >= 0.6 is 0 Å². The van der Waals surface area contributed by atoms with E-state index in [4.69, 9.17) is 0 Å². The van der Waals surface area contributed by atoms with Gasteiger partial charge in [-0.15, -0.1) is 0 Å². The highest BCUT2D eigenvalue weighted by Crippen LogP contribution is 2.63. The normalized spacial score (nSPS) is 56.0. The average molecular weight is 285 g/mol. The summed E-state index contributed by atoms with van der Waals surface area (Å²) >= 11 is 0. The van der Waals surface area contributed by atoms with Gasteiger partial charge >= 0.3 is 0 Å². The Balaban J connectivity index is 1.55. The van der Waals surface area contributed by atoms with Gasteiger partial charge in [-0.05, 0) is 92.3 Å². The van der Waals surface area contributed by atoms with Gasteiger partial charge in [0.1, 0.15) is 0 Å². The molecule has 4 saturated carbocycles. The van der Waals surface area contributed by atoms with Crippen LogP contribution in [0.3, 0.4) is 0 Å². The van der Waals surface area contributed by atoms with Gasteiger partial charge in [-0.25, -0.2) is 0 Å². The molecule has 8 atom stereocenters. The van der Waals surface area contributed by atoms with Gasteiger partial charge in [0, 0.05) is 0 Å². The SMILES string of the molecule is C[C@H]1CC[C@@H]2[C@H](CC[C@@H]3C[C@]4(C)C(C#N)CC[C@H]4C[C@H]32)C1. The second-order valence-electron chi connectivity index (χ2n) is 9.25. The summed E-state index contributed by atoms with van der Waals surface area (Å²) in [6.45, 7) is 4.93. The molecule has 4 fully saturated rings. The van der Waals surface area contributed by atoms with Gasteiger partial charge in [-0.1, -0.05) is 20.3 Å². The second-order valence-corrected chi connectivity index (χ2v) is 9.25. The first kappa shape index (κ1) is 14.1. The van der Waals surface area contributed by atoms with Crippen LogP contribution in [0.2, 0.25) is 0 Å². The zero-order chi connectivity index (χ0) is 14.6. The summed E-state index contributed by atoms with van der Waals surface area (Å²) in [6, 6.07) is 2.66. The van der Waals surface area contributed by atoms with Crippen LogP contribution < -0.4 is 0 Å². The van der Waals surface area contributed by atoms with Crippen molar-refractivity contribution in [2.75, 3.05) is 0 Å². The zero-order valence-corrected chi connectivity index (χ0v) is 13.9. The topological polar surface area (TPSA) is 23.8 Å². The Morgan fingerprint density at radius 3 is 2.52 bits per heavy atom. The lowest BCUT2D eigenvalue weighted by Gasteiger charge is -2.55. The number of nitrogens with zero attached hydrogens (tertiary/aromatic N) is 1. The van der Waals surface area contributed by atoms with Gasteiger partial charge in [0.15, 0.2) is 0 Å². The molecule has 116 valence electrons. The molecule has 1 nitrogen and oxygen atoms in total. The minimum absolute atomic E-state index is 0.354. The molecule has 0 amide bonds. The highest BCUT2D eigenvalue weighted by Gasteiger charge is 2.55. The predicted octanol–water partition coefficient (Wildman–Crippen LogP) is 5.41. The molecule has 0 aromatic heterocycles. The average Bonchev–Trinajstić information content (AvgIpc) is 2.80. The fourth-order valence-electron chi connectivity index (χ4n) is 7.14. The number of fused-ring (bicyclic) bond motifs is 4. The predicted molar refractivity (Wildman–Crippen MR) is 85.4 cm³/mol. The molecule has 0 radical (unpaired) electrons. The maximum Gasteiger partial charge on any atom is 0.0661 e. The summed E-state index contributed by atoms with van der Waals surface area (Å²) in [6.07, 6.45) is 12.8. The second kappa shape index (κ2) is 5.00. The first-order chi connectivity index (χ1) is 10.1. The number of hydrogen-bond donors (Lipinski definition) is 0. The molecule has 1 heteroatoms. The monoisotopic (exact) mass is 285 g/mol. The fourth-order valence-corrected chi connectivity index (χ4v) is 7.14. The summed E-state index contributed by atoms with van der Waals surface area (Å²) in [7, 11) is 0. The van der Waals surface area contributed by atoms with E-state index in [9.17, 15) is 5.26 Å². The lowest BCUT2D eigenvalue weighted by molar-refractivity contribution is -0.0503. The van der Waals surface area contributed by atoms with Crippen molar-refractivity contribution < 1.29 is 0 Å². The van der Waals surface area contributed by atoms with Crippen LogP contribution in [0, 0.1) is 58.2 Å². The third kappa shape index (κ3) is 2.08. The Morgan fingerprint density at radius 1 is 0.905 bits per heavy atom. The van der Waals surface area contributed by atoms with E-state index >= 15 is 0 Å². The summed E-state index contributed by atoms with van der Waals surface area (Å²) in [5.74, 6) is 6.26. The molecule has 0 aliphatic heterocycles. The zero-order valence-electron chi connectivity index (χ0n) is 13.9. The molecule has 4 aliphatic rings. The van der Waals surface area contributed by atoms with E-state index in [0.717, 1.165) is 35.5 Å². The van der Waals surface area contributed by atoms with Crippen LogP contribution in [0.1, 0.15) is 71.6 Å². The summed E-state index contributed by atoms with van der Waals surface area (Å²) in [5, 5.41) is 9.53. The molecule has 21 heavy (non-hydrogen) atoms. The Hall–Kier alpha value is -0.510. The van der Waals surface area contributed by atoms with Gasteiger partial charge in [0.25, 0.3) is 0 Å². The van der Waals surface area contributed by atoms with E-state index in [2.05, 4.69) is 19.9 Å². The van der Waals surface area contributed by atoms with Crippen molar-refractivity contribution in [1.29, 1.82) is 5.26 Å². The Labute approximate surface area is 130 Å². The molecule has 0 spiro atoms. The standard InChI is InChI=1S/C20H31N/c1-13-3-8-18-14(9-13)4-5-15-11-20(2)16(10-19(15)18)6-7-17(20)12-21/h13-19H,3-11H2,1-2H3/t13-,14+,15+,16-,17?,18+,19+,20-/m0/s1. The van der Waals surface area contributed by atoms with Crippen LogP contribution in [0.5, 0.6) is 0 Å². The molecule has 4 aliphatic carbocycles. The van der Waals surface area contributed by atoms with Gasteiger partial charge in [0.2, 0.25) is 0 Å². The molecule has 0 aromatic rings. The Morgan fingerprint density at radius 2 is 1.71 bits per heavy atom. The third-order valence-electron chi connectivity index (χ3n) is 8.31. The van der Waals surface area contributed by atoms with E-state index in [0.29, 0.717) is 11.3 Å². The highest BCUT2D eigenvalue weighted by molar-refractivity contribution is 5.09. The summed E-state index contributed by atoms with van der Waals surface area (Å²) in [4.78, 5) is 0. The Bertz CT molecular complexity index is 449. The molecule has 4 rings (SSSR count). The van der Waals surface area contributed by atoms with Crippen LogP contribution in [-0.4, -0.2) is 0 Å². The van der Waals surface area contributed by atoms with E-state index in [-0.39, 0.29) is 0 Å².